The molecule has 0 saturated heterocycles. The number of aliphatic imine (C=N–C) groups is 1. The molecule has 0 radical (unpaired) electrons. The van der Waals surface area contributed by atoms with E-state index in [0.29, 0.717) is 6.04 Å². The van der Waals surface area contributed by atoms with Crippen LogP contribution in [-0.2, 0) is 5.41 Å². The molecule has 0 bridgehead atoms. The zero-order valence-corrected chi connectivity index (χ0v) is 10.8. The van der Waals surface area contributed by atoms with Crippen LogP contribution in [0.3, 0.4) is 0 Å². The van der Waals surface area contributed by atoms with Gasteiger partial charge in [-0.3, -0.25) is 4.99 Å². The van der Waals surface area contributed by atoms with E-state index < -0.39 is 0 Å². The van der Waals surface area contributed by atoms with E-state index in [1.165, 1.54) is 5.56 Å². The first-order chi connectivity index (χ1) is 8.08. The number of benzene rings is 1. The van der Waals surface area contributed by atoms with E-state index in [9.17, 15) is 0 Å². The van der Waals surface area contributed by atoms with Gasteiger partial charge in [-0.05, 0) is 12.5 Å². The lowest BCUT2D eigenvalue weighted by Gasteiger charge is -2.26. The normalized spacial score (nSPS) is 19.7. The summed E-state index contributed by atoms with van der Waals surface area (Å²) in [6.07, 6.45) is 0. The van der Waals surface area contributed by atoms with E-state index in [0.717, 1.165) is 19.0 Å². The van der Waals surface area contributed by atoms with Crippen molar-refractivity contribution in [3.05, 3.63) is 35.9 Å². The van der Waals surface area contributed by atoms with Gasteiger partial charge in [-0.15, -0.1) is 0 Å². The second-order valence-corrected chi connectivity index (χ2v) is 5.34. The molecule has 3 heteroatoms. The first-order valence-corrected chi connectivity index (χ1v) is 6.18. The van der Waals surface area contributed by atoms with Crippen LogP contribution in [0.4, 0.5) is 0 Å². The Morgan fingerprint density at radius 1 is 1.35 bits per heavy atom. The molecule has 1 atom stereocenters. The smallest absolute Gasteiger partial charge is 0.191 e. The Morgan fingerprint density at radius 3 is 2.65 bits per heavy atom. The molecule has 2 rings (SSSR count). The monoisotopic (exact) mass is 231 g/mol. The van der Waals surface area contributed by atoms with Gasteiger partial charge in [0.05, 0.1) is 6.54 Å². The fourth-order valence-corrected chi connectivity index (χ4v) is 1.96. The summed E-state index contributed by atoms with van der Waals surface area (Å²) in [6, 6.07) is 11.0. The zero-order valence-electron chi connectivity index (χ0n) is 10.8. The highest BCUT2D eigenvalue weighted by atomic mass is 15.2. The second kappa shape index (κ2) is 4.78. The highest BCUT2D eigenvalue weighted by molar-refractivity contribution is 5.81. The molecule has 0 aliphatic carbocycles. The minimum atomic E-state index is 0.108. The maximum absolute atomic E-state index is 4.41. The van der Waals surface area contributed by atoms with Gasteiger partial charge in [0, 0.05) is 18.0 Å². The maximum Gasteiger partial charge on any atom is 0.191 e. The molecule has 0 fully saturated rings. The van der Waals surface area contributed by atoms with E-state index in [4.69, 9.17) is 0 Å². The summed E-state index contributed by atoms with van der Waals surface area (Å²) >= 11 is 0. The molecule has 0 amide bonds. The molecule has 1 aliphatic rings. The van der Waals surface area contributed by atoms with Gasteiger partial charge >= 0.3 is 0 Å². The van der Waals surface area contributed by atoms with Crippen LogP contribution in [0.5, 0.6) is 0 Å². The summed E-state index contributed by atoms with van der Waals surface area (Å²) in [4.78, 5) is 4.41. The molecule has 1 aromatic rings. The fraction of sp³-hybridized carbons (Fsp3) is 0.500. The number of nitrogens with one attached hydrogen (secondary N) is 2. The van der Waals surface area contributed by atoms with Crippen LogP contribution in [0.15, 0.2) is 35.3 Å². The first kappa shape index (κ1) is 12.0. The third kappa shape index (κ3) is 2.99. The molecule has 17 heavy (non-hydrogen) atoms. The first-order valence-electron chi connectivity index (χ1n) is 6.18. The molecule has 0 aromatic heterocycles. The van der Waals surface area contributed by atoms with Crippen molar-refractivity contribution >= 4 is 5.96 Å². The Hall–Kier alpha value is -1.51. The molecule has 0 saturated carbocycles. The Balaban J connectivity index is 1.94. The van der Waals surface area contributed by atoms with E-state index in [2.05, 4.69) is 66.7 Å². The summed E-state index contributed by atoms with van der Waals surface area (Å²) in [6.45, 7) is 8.38. The molecular formula is C14H21N3. The predicted octanol–water partition coefficient (Wildman–Crippen LogP) is 1.90. The minimum Gasteiger partial charge on any atom is -0.356 e. The largest absolute Gasteiger partial charge is 0.356 e. The number of guanidine groups is 1. The molecule has 1 unspecified atom stereocenters. The van der Waals surface area contributed by atoms with Crippen molar-refractivity contribution in [3.8, 4) is 0 Å². The molecule has 1 heterocycles. The van der Waals surface area contributed by atoms with Crippen molar-refractivity contribution in [2.75, 3.05) is 13.1 Å². The van der Waals surface area contributed by atoms with Crippen molar-refractivity contribution in [2.24, 2.45) is 4.99 Å². The zero-order chi connectivity index (χ0) is 12.3. The summed E-state index contributed by atoms with van der Waals surface area (Å²) in [7, 11) is 0. The average molecular weight is 231 g/mol. The van der Waals surface area contributed by atoms with Crippen molar-refractivity contribution in [2.45, 2.75) is 32.2 Å². The number of hydrogen-bond acceptors (Lipinski definition) is 3. The molecule has 92 valence electrons. The predicted molar refractivity (Wildman–Crippen MR) is 72.4 cm³/mol. The Labute approximate surface area is 103 Å². The Kier molecular flexibility index (Phi) is 3.36. The standard InChI is InChI=1S/C14H21N3/c1-11-9-15-13(17-11)16-10-14(2,3)12-7-5-4-6-8-12/h4-8,11H,9-10H2,1-3H3,(H2,15,16,17). The quantitative estimate of drug-likeness (QED) is 0.833. The van der Waals surface area contributed by atoms with Crippen LogP contribution < -0.4 is 10.6 Å². The van der Waals surface area contributed by atoms with Gasteiger partial charge in [-0.2, -0.15) is 0 Å². The van der Waals surface area contributed by atoms with Crippen LogP contribution >= 0.6 is 0 Å². The van der Waals surface area contributed by atoms with Crippen LogP contribution in [0.2, 0.25) is 0 Å². The lowest BCUT2D eigenvalue weighted by molar-refractivity contribution is 0.509. The summed E-state index contributed by atoms with van der Waals surface area (Å²) in [5.41, 5.74) is 1.45. The van der Waals surface area contributed by atoms with Gasteiger partial charge in [0.15, 0.2) is 5.96 Å². The lowest BCUT2D eigenvalue weighted by Crippen LogP contribution is -2.43. The third-order valence-electron chi connectivity index (χ3n) is 3.16. The van der Waals surface area contributed by atoms with Gasteiger partial charge in [-0.1, -0.05) is 44.2 Å². The van der Waals surface area contributed by atoms with Crippen LogP contribution in [0.25, 0.3) is 0 Å². The van der Waals surface area contributed by atoms with E-state index in [1.807, 2.05) is 0 Å². The van der Waals surface area contributed by atoms with Crippen molar-refractivity contribution < 1.29 is 0 Å². The Bertz CT molecular complexity index is 395. The minimum absolute atomic E-state index is 0.108. The molecule has 1 aliphatic heterocycles. The topological polar surface area (TPSA) is 36.4 Å². The average Bonchev–Trinajstić information content (AvgIpc) is 2.74. The Morgan fingerprint density at radius 2 is 2.06 bits per heavy atom. The fourth-order valence-electron chi connectivity index (χ4n) is 1.96. The molecular weight excluding hydrogens is 210 g/mol. The highest BCUT2D eigenvalue weighted by Gasteiger charge is 2.21. The van der Waals surface area contributed by atoms with E-state index >= 15 is 0 Å². The van der Waals surface area contributed by atoms with Crippen molar-refractivity contribution in [1.29, 1.82) is 0 Å². The number of hydrogen-bond donors (Lipinski definition) is 2. The number of rotatable bonds is 3. The van der Waals surface area contributed by atoms with Crippen LogP contribution in [-0.4, -0.2) is 25.1 Å². The summed E-state index contributed by atoms with van der Waals surface area (Å²) in [5.74, 6) is 0.932. The summed E-state index contributed by atoms with van der Waals surface area (Å²) in [5, 5.41) is 6.71. The van der Waals surface area contributed by atoms with E-state index in [1.54, 1.807) is 0 Å². The van der Waals surface area contributed by atoms with Gasteiger partial charge < -0.3 is 10.6 Å². The van der Waals surface area contributed by atoms with Crippen molar-refractivity contribution in [3.63, 3.8) is 0 Å². The number of nitrogens with zero attached hydrogens (tertiary/aromatic N) is 1. The third-order valence-corrected chi connectivity index (χ3v) is 3.16. The van der Waals surface area contributed by atoms with Gasteiger partial charge in [0.25, 0.3) is 0 Å². The summed E-state index contributed by atoms with van der Waals surface area (Å²) < 4.78 is 0. The maximum atomic E-state index is 4.41. The molecule has 3 nitrogen and oxygen atoms in total. The van der Waals surface area contributed by atoms with Crippen LogP contribution in [0, 0.1) is 0 Å². The van der Waals surface area contributed by atoms with Gasteiger partial charge in [0.2, 0.25) is 0 Å². The highest BCUT2D eigenvalue weighted by Crippen LogP contribution is 2.21. The van der Waals surface area contributed by atoms with Crippen LogP contribution in [0.1, 0.15) is 26.3 Å². The SMILES string of the molecule is CC1CN=C(NCC(C)(C)c2ccccc2)N1. The lowest BCUT2D eigenvalue weighted by atomic mass is 9.85. The second-order valence-electron chi connectivity index (χ2n) is 5.34. The molecule has 1 aromatic carbocycles. The molecule has 2 N–H and O–H groups in total. The van der Waals surface area contributed by atoms with E-state index in [-0.39, 0.29) is 5.41 Å². The van der Waals surface area contributed by atoms with Gasteiger partial charge in [-0.25, -0.2) is 0 Å². The molecule has 0 spiro atoms. The van der Waals surface area contributed by atoms with Crippen molar-refractivity contribution in [1.82, 2.24) is 10.6 Å². The van der Waals surface area contributed by atoms with Gasteiger partial charge in [0.1, 0.15) is 0 Å².